The van der Waals surface area contributed by atoms with Crippen molar-refractivity contribution in [2.24, 2.45) is 22.7 Å². The number of halogens is 3. The number of anilines is 1. The van der Waals surface area contributed by atoms with E-state index in [2.05, 4.69) is 30.5 Å². The van der Waals surface area contributed by atoms with Crippen LogP contribution >= 0.6 is 0 Å². The normalized spacial score (nSPS) is 18.1. The van der Waals surface area contributed by atoms with Gasteiger partial charge >= 0.3 is 6.18 Å². The molecule has 0 saturated carbocycles. The third-order valence-electron chi connectivity index (χ3n) is 4.98. The van der Waals surface area contributed by atoms with E-state index in [-0.39, 0.29) is 17.4 Å². The van der Waals surface area contributed by atoms with E-state index in [1.807, 2.05) is 4.90 Å². The van der Waals surface area contributed by atoms with Crippen LogP contribution in [0.3, 0.4) is 0 Å². The van der Waals surface area contributed by atoms with Crippen LogP contribution in [-0.2, 0) is 6.18 Å². The molecule has 4 rings (SSSR count). The Balaban J connectivity index is 1.67. The van der Waals surface area contributed by atoms with Gasteiger partial charge in [0.05, 0.1) is 12.4 Å². The van der Waals surface area contributed by atoms with Crippen molar-refractivity contribution in [1.82, 2.24) is 29.8 Å². The highest BCUT2D eigenvalue weighted by Gasteiger charge is 2.33. The first-order chi connectivity index (χ1) is 14.4. The minimum atomic E-state index is -4.57. The number of hydrazine groups is 1. The van der Waals surface area contributed by atoms with Gasteiger partial charge in [0.25, 0.3) is 0 Å². The number of hydrogen-bond acceptors (Lipinski definition) is 8. The predicted octanol–water partition coefficient (Wildman–Crippen LogP) is 1.16. The Morgan fingerprint density at radius 1 is 1.23 bits per heavy atom. The van der Waals surface area contributed by atoms with Gasteiger partial charge in [0.2, 0.25) is 0 Å². The van der Waals surface area contributed by atoms with E-state index in [0.29, 0.717) is 23.9 Å². The monoisotopic (exact) mass is 420 g/mol. The van der Waals surface area contributed by atoms with Crippen LogP contribution in [0.2, 0.25) is 0 Å². The van der Waals surface area contributed by atoms with Gasteiger partial charge in [-0.1, -0.05) is 0 Å². The second-order valence-electron chi connectivity index (χ2n) is 6.82. The van der Waals surface area contributed by atoms with Crippen LogP contribution in [0.1, 0.15) is 18.5 Å². The molecule has 0 aliphatic carbocycles. The third-order valence-corrected chi connectivity index (χ3v) is 4.98. The molecule has 1 saturated heterocycles. The van der Waals surface area contributed by atoms with E-state index in [0.717, 1.165) is 31.8 Å². The van der Waals surface area contributed by atoms with Crippen LogP contribution in [0.4, 0.5) is 19.0 Å². The second kappa shape index (κ2) is 7.74. The molecule has 3 aromatic rings. The first kappa shape index (κ1) is 19.8. The molecule has 1 fully saturated rings. The van der Waals surface area contributed by atoms with Gasteiger partial charge in [-0.2, -0.15) is 18.3 Å². The summed E-state index contributed by atoms with van der Waals surface area (Å²) in [5.74, 6) is 12.3. The van der Waals surface area contributed by atoms with Crippen LogP contribution < -0.4 is 22.0 Å². The molecule has 4 heterocycles. The highest BCUT2D eigenvalue weighted by atomic mass is 19.4. The summed E-state index contributed by atoms with van der Waals surface area (Å²) in [4.78, 5) is 18.3. The molecule has 3 aromatic heterocycles. The molecule has 10 nitrogen and oxygen atoms in total. The number of alkyl halides is 3. The number of rotatable bonds is 3. The van der Waals surface area contributed by atoms with Crippen LogP contribution in [0.25, 0.3) is 17.2 Å². The molecule has 1 atom stereocenters. The van der Waals surface area contributed by atoms with Crippen LogP contribution in [0.5, 0.6) is 0 Å². The molecule has 1 aliphatic rings. The Kier molecular flexibility index (Phi) is 5.11. The molecule has 13 heteroatoms. The summed E-state index contributed by atoms with van der Waals surface area (Å²) in [6.45, 7) is 1.34. The van der Waals surface area contributed by atoms with Crippen LogP contribution in [-0.4, -0.2) is 43.3 Å². The zero-order valence-electron chi connectivity index (χ0n) is 15.7. The van der Waals surface area contributed by atoms with Crippen LogP contribution in [0, 0.1) is 5.92 Å². The topological polar surface area (TPSA) is 136 Å². The fraction of sp³-hybridized carbons (Fsp3) is 0.353. The molecule has 0 radical (unpaired) electrons. The lowest BCUT2D eigenvalue weighted by atomic mass is 9.97. The number of hydrogen-bond donors (Lipinski definition) is 3. The molecule has 158 valence electrons. The molecular formula is C17H19F3N10. The average Bonchev–Trinajstić information content (AvgIpc) is 3.18. The predicted molar refractivity (Wildman–Crippen MR) is 103 cm³/mol. The zero-order chi connectivity index (χ0) is 21.3. The van der Waals surface area contributed by atoms with Gasteiger partial charge in [0.1, 0.15) is 17.3 Å². The van der Waals surface area contributed by atoms with Crippen molar-refractivity contribution >= 4 is 17.3 Å². The van der Waals surface area contributed by atoms with E-state index in [9.17, 15) is 13.2 Å². The SMILES string of the molecule is N/N=C(\NN)C1CCCN(c2ccnc(-c3cnc4cnc(C(F)(F)F)cn34)n2)C1. The summed E-state index contributed by atoms with van der Waals surface area (Å²) in [5.41, 5.74) is 2.10. The third kappa shape index (κ3) is 3.70. The first-order valence-electron chi connectivity index (χ1n) is 9.13. The number of nitrogens with zero attached hydrogens (tertiary/aromatic N) is 7. The van der Waals surface area contributed by atoms with Gasteiger partial charge in [0, 0.05) is 31.4 Å². The van der Waals surface area contributed by atoms with Gasteiger partial charge in [0.15, 0.2) is 17.2 Å². The Bertz CT molecular complexity index is 1080. The summed E-state index contributed by atoms with van der Waals surface area (Å²) in [5, 5.41) is 3.69. The van der Waals surface area contributed by atoms with E-state index < -0.39 is 11.9 Å². The van der Waals surface area contributed by atoms with Crippen molar-refractivity contribution in [3.8, 4) is 11.5 Å². The molecular weight excluding hydrogens is 401 g/mol. The molecule has 0 amide bonds. The Morgan fingerprint density at radius 3 is 2.80 bits per heavy atom. The number of aromatic nitrogens is 5. The summed E-state index contributed by atoms with van der Waals surface area (Å²) in [7, 11) is 0. The van der Waals surface area contributed by atoms with Crippen LogP contribution in [0.15, 0.2) is 36.0 Å². The van der Waals surface area contributed by atoms with Gasteiger partial charge < -0.3 is 16.2 Å². The lowest BCUT2D eigenvalue weighted by Gasteiger charge is -2.33. The van der Waals surface area contributed by atoms with Crippen molar-refractivity contribution in [2.45, 2.75) is 19.0 Å². The minimum absolute atomic E-state index is 0.0170. The number of nitrogens with two attached hydrogens (primary N) is 2. The number of nitrogens with one attached hydrogen (secondary N) is 1. The van der Waals surface area contributed by atoms with E-state index in [1.165, 1.54) is 10.6 Å². The maximum atomic E-state index is 13.1. The van der Waals surface area contributed by atoms with Gasteiger partial charge in [-0.25, -0.2) is 25.8 Å². The van der Waals surface area contributed by atoms with E-state index in [4.69, 9.17) is 11.7 Å². The maximum absolute atomic E-state index is 13.1. The quantitative estimate of drug-likeness (QED) is 0.249. The Morgan fingerprint density at radius 2 is 2.07 bits per heavy atom. The van der Waals surface area contributed by atoms with Gasteiger partial charge in [-0.05, 0) is 18.9 Å². The lowest BCUT2D eigenvalue weighted by molar-refractivity contribution is -0.141. The van der Waals surface area contributed by atoms with E-state index >= 15 is 0 Å². The van der Waals surface area contributed by atoms with Crippen molar-refractivity contribution in [1.29, 1.82) is 0 Å². The fourth-order valence-corrected chi connectivity index (χ4v) is 3.52. The molecule has 1 aliphatic heterocycles. The van der Waals surface area contributed by atoms with Crippen molar-refractivity contribution < 1.29 is 13.2 Å². The first-order valence-corrected chi connectivity index (χ1v) is 9.13. The Hall–Kier alpha value is -3.48. The number of hydrazone groups is 1. The molecule has 5 N–H and O–H groups in total. The smallest absolute Gasteiger partial charge is 0.356 e. The molecule has 0 aromatic carbocycles. The average molecular weight is 420 g/mol. The Labute approximate surface area is 168 Å². The number of piperidine rings is 1. The highest BCUT2D eigenvalue weighted by Crippen LogP contribution is 2.29. The van der Waals surface area contributed by atoms with Gasteiger partial charge in [-0.15, -0.1) is 0 Å². The van der Waals surface area contributed by atoms with E-state index in [1.54, 1.807) is 12.3 Å². The molecule has 1 unspecified atom stereocenters. The molecule has 0 spiro atoms. The zero-order valence-corrected chi connectivity index (χ0v) is 15.7. The maximum Gasteiger partial charge on any atom is 0.434 e. The minimum Gasteiger partial charge on any atom is -0.356 e. The van der Waals surface area contributed by atoms with Crippen molar-refractivity contribution in [3.05, 3.63) is 36.5 Å². The van der Waals surface area contributed by atoms with Crippen molar-refractivity contribution in [3.63, 3.8) is 0 Å². The summed E-state index contributed by atoms with van der Waals surface area (Å²) >= 11 is 0. The van der Waals surface area contributed by atoms with Gasteiger partial charge in [-0.3, -0.25) is 4.40 Å². The number of fused-ring (bicyclic) bond motifs is 1. The molecule has 0 bridgehead atoms. The number of imidazole rings is 1. The number of amidine groups is 1. The summed E-state index contributed by atoms with van der Waals surface area (Å²) in [6.07, 6.45) is 2.12. The second-order valence-corrected chi connectivity index (χ2v) is 6.82. The lowest BCUT2D eigenvalue weighted by Crippen LogP contribution is -2.46. The fourth-order valence-electron chi connectivity index (χ4n) is 3.52. The van der Waals surface area contributed by atoms with Crippen molar-refractivity contribution in [2.75, 3.05) is 18.0 Å². The highest BCUT2D eigenvalue weighted by molar-refractivity contribution is 5.84. The molecule has 30 heavy (non-hydrogen) atoms. The standard InChI is InChI=1S/C17H19F3N10/c18-17(19,20)12-9-30-11(6-25-14(30)7-24-12)16-23-4-3-13(26-16)29-5-1-2-10(8-29)15(27-21)28-22/h3-4,6-7,9-10H,1-2,5,8,21-22H2,(H,27,28). The summed E-state index contributed by atoms with van der Waals surface area (Å²) < 4.78 is 40.5. The largest absolute Gasteiger partial charge is 0.434 e. The summed E-state index contributed by atoms with van der Waals surface area (Å²) in [6, 6.07) is 1.74.